The lowest BCUT2D eigenvalue weighted by molar-refractivity contribution is 0.414. The molecule has 2 aromatic rings. The summed E-state index contributed by atoms with van der Waals surface area (Å²) in [4.78, 5) is 4.64. The van der Waals surface area contributed by atoms with Crippen molar-refractivity contribution in [2.24, 2.45) is 4.99 Å². The maximum absolute atomic E-state index is 12.3. The van der Waals surface area contributed by atoms with Gasteiger partial charge in [-0.2, -0.15) is 0 Å². The van der Waals surface area contributed by atoms with Crippen molar-refractivity contribution in [3.05, 3.63) is 59.1 Å². The summed E-state index contributed by atoms with van der Waals surface area (Å²) in [5, 5.41) is 6.62. The van der Waals surface area contributed by atoms with Crippen molar-refractivity contribution in [1.82, 2.24) is 15.4 Å². The van der Waals surface area contributed by atoms with Gasteiger partial charge in [0.15, 0.2) is 5.96 Å². The van der Waals surface area contributed by atoms with Gasteiger partial charge < -0.3 is 15.4 Å². The molecule has 9 heteroatoms. The topological polar surface area (TPSA) is 91.8 Å². The Balaban J connectivity index is 1.88. The summed E-state index contributed by atoms with van der Waals surface area (Å²) in [6.45, 7) is 3.71. The van der Waals surface area contributed by atoms with Crippen LogP contribution in [0.4, 0.5) is 0 Å². The zero-order valence-electron chi connectivity index (χ0n) is 15.9. The third-order valence-corrected chi connectivity index (χ3v) is 5.41. The maximum atomic E-state index is 12.3. The number of guanidine groups is 1. The molecule has 0 atom stereocenters. The molecule has 152 valence electrons. The Kier molecular flexibility index (Phi) is 8.56. The third kappa shape index (κ3) is 7.03. The first-order valence-corrected chi connectivity index (χ1v) is 10.7. The first-order valence-electron chi connectivity index (χ1n) is 8.85. The fraction of sp³-hybridized carbons (Fsp3) is 0.316. The summed E-state index contributed by atoms with van der Waals surface area (Å²) >= 11 is 5.86. The Hall–Kier alpha value is -2.29. The number of methoxy groups -OCH3 is 1. The Morgan fingerprint density at radius 1 is 1.11 bits per heavy atom. The van der Waals surface area contributed by atoms with E-state index in [9.17, 15) is 8.42 Å². The maximum Gasteiger partial charge on any atom is 0.240 e. The highest BCUT2D eigenvalue weighted by molar-refractivity contribution is 7.89. The van der Waals surface area contributed by atoms with Gasteiger partial charge in [-0.25, -0.2) is 18.1 Å². The number of ether oxygens (including phenoxy) is 1. The van der Waals surface area contributed by atoms with E-state index in [0.717, 1.165) is 11.3 Å². The Morgan fingerprint density at radius 2 is 1.89 bits per heavy atom. The number of nitrogens with zero attached hydrogens (tertiary/aromatic N) is 1. The second-order valence-corrected chi connectivity index (χ2v) is 8.03. The first kappa shape index (κ1) is 22.0. The summed E-state index contributed by atoms with van der Waals surface area (Å²) in [6.07, 6.45) is 0. The number of benzene rings is 2. The summed E-state index contributed by atoms with van der Waals surface area (Å²) in [5.41, 5.74) is 1.01. The number of sulfonamides is 1. The lowest BCUT2D eigenvalue weighted by atomic mass is 10.2. The highest BCUT2D eigenvalue weighted by Gasteiger charge is 2.13. The van der Waals surface area contributed by atoms with Crippen LogP contribution in [-0.4, -0.2) is 41.1 Å². The summed E-state index contributed by atoms with van der Waals surface area (Å²) in [7, 11) is -1.98. The Labute approximate surface area is 171 Å². The van der Waals surface area contributed by atoms with Crippen LogP contribution in [0.5, 0.6) is 5.75 Å². The van der Waals surface area contributed by atoms with Crippen LogP contribution in [0.2, 0.25) is 5.02 Å². The molecule has 0 amide bonds. The average molecular weight is 425 g/mol. The molecule has 0 aromatic heterocycles. The van der Waals surface area contributed by atoms with Gasteiger partial charge in [0.25, 0.3) is 0 Å². The van der Waals surface area contributed by atoms with Crippen molar-refractivity contribution < 1.29 is 13.2 Å². The van der Waals surface area contributed by atoms with Gasteiger partial charge in [0.1, 0.15) is 5.75 Å². The summed E-state index contributed by atoms with van der Waals surface area (Å²) in [5.74, 6) is 1.38. The van der Waals surface area contributed by atoms with E-state index in [4.69, 9.17) is 16.3 Å². The molecule has 0 spiro atoms. The quantitative estimate of drug-likeness (QED) is 0.326. The molecule has 0 saturated heterocycles. The zero-order valence-corrected chi connectivity index (χ0v) is 17.5. The van der Waals surface area contributed by atoms with Crippen molar-refractivity contribution >= 4 is 27.6 Å². The first-order chi connectivity index (χ1) is 13.4. The third-order valence-electron chi connectivity index (χ3n) is 3.71. The van der Waals surface area contributed by atoms with Crippen LogP contribution < -0.4 is 20.1 Å². The molecular weight excluding hydrogens is 400 g/mol. The number of aliphatic imine (C=N–C) groups is 1. The van der Waals surface area contributed by atoms with Crippen LogP contribution in [0.1, 0.15) is 12.5 Å². The van der Waals surface area contributed by atoms with Gasteiger partial charge in [0.05, 0.1) is 18.6 Å². The zero-order chi connectivity index (χ0) is 20.4. The molecule has 2 aromatic carbocycles. The summed E-state index contributed by atoms with van der Waals surface area (Å²) < 4.78 is 32.3. The standard InChI is InChI=1S/C19H25ClN4O3S/c1-3-21-19(23-14-15-6-4-8-17(12-15)27-2)22-10-11-24-28(25,26)18-9-5-7-16(20)13-18/h4-9,12-13,24H,3,10-11,14H2,1-2H3,(H2,21,22,23). The van der Waals surface area contributed by atoms with Crippen LogP contribution >= 0.6 is 11.6 Å². The van der Waals surface area contributed by atoms with Gasteiger partial charge in [-0.1, -0.05) is 29.8 Å². The second kappa shape index (κ2) is 10.9. The molecule has 0 radical (unpaired) electrons. The largest absolute Gasteiger partial charge is 0.497 e. The molecule has 2 rings (SSSR count). The summed E-state index contributed by atoms with van der Waals surface area (Å²) in [6, 6.07) is 13.8. The number of rotatable bonds is 9. The van der Waals surface area contributed by atoms with Gasteiger partial charge in [-0.15, -0.1) is 0 Å². The van der Waals surface area contributed by atoms with Crippen LogP contribution in [-0.2, 0) is 16.6 Å². The van der Waals surface area contributed by atoms with Crippen LogP contribution in [0, 0.1) is 0 Å². The normalized spacial score (nSPS) is 11.9. The van der Waals surface area contributed by atoms with E-state index >= 15 is 0 Å². The molecular formula is C19H25ClN4O3S. The van der Waals surface area contributed by atoms with Crippen LogP contribution in [0.15, 0.2) is 58.4 Å². The van der Waals surface area contributed by atoms with Crippen molar-refractivity contribution in [1.29, 1.82) is 0 Å². The molecule has 28 heavy (non-hydrogen) atoms. The minimum absolute atomic E-state index is 0.138. The Bertz CT molecular complexity index is 904. The number of hydrogen-bond acceptors (Lipinski definition) is 4. The van der Waals surface area contributed by atoms with Gasteiger partial charge in [0.2, 0.25) is 10.0 Å². The van der Waals surface area contributed by atoms with E-state index in [2.05, 4.69) is 20.3 Å². The van der Waals surface area contributed by atoms with Crippen LogP contribution in [0.25, 0.3) is 0 Å². The van der Waals surface area contributed by atoms with Crippen LogP contribution in [0.3, 0.4) is 0 Å². The number of halogens is 1. The molecule has 0 heterocycles. The van der Waals surface area contributed by atoms with Gasteiger partial charge in [-0.05, 0) is 42.8 Å². The number of nitrogens with one attached hydrogen (secondary N) is 3. The highest BCUT2D eigenvalue weighted by Crippen LogP contribution is 2.15. The van der Waals surface area contributed by atoms with Crippen molar-refractivity contribution in [3.63, 3.8) is 0 Å². The van der Waals surface area contributed by atoms with Gasteiger partial charge >= 0.3 is 0 Å². The van der Waals surface area contributed by atoms with Gasteiger partial charge in [0, 0.05) is 24.7 Å². The molecule has 0 aliphatic carbocycles. The highest BCUT2D eigenvalue weighted by atomic mass is 35.5. The van der Waals surface area contributed by atoms with Crippen molar-refractivity contribution in [2.45, 2.75) is 18.4 Å². The smallest absolute Gasteiger partial charge is 0.240 e. The minimum Gasteiger partial charge on any atom is -0.497 e. The molecule has 0 saturated carbocycles. The lowest BCUT2D eigenvalue weighted by Gasteiger charge is -2.12. The predicted octanol–water partition coefficient (Wildman–Crippen LogP) is 2.38. The van der Waals surface area contributed by atoms with Crippen molar-refractivity contribution in [3.8, 4) is 5.75 Å². The van der Waals surface area contributed by atoms with Gasteiger partial charge in [-0.3, -0.25) is 0 Å². The van der Waals surface area contributed by atoms with E-state index in [1.165, 1.54) is 12.1 Å². The molecule has 0 aliphatic heterocycles. The fourth-order valence-electron chi connectivity index (χ4n) is 2.37. The molecule has 0 bridgehead atoms. The average Bonchev–Trinajstić information content (AvgIpc) is 2.69. The predicted molar refractivity (Wildman–Crippen MR) is 112 cm³/mol. The Morgan fingerprint density at radius 3 is 2.61 bits per heavy atom. The SMILES string of the molecule is CCNC(=NCc1cccc(OC)c1)NCCNS(=O)(=O)c1cccc(Cl)c1. The molecule has 3 N–H and O–H groups in total. The number of hydrogen-bond donors (Lipinski definition) is 3. The lowest BCUT2D eigenvalue weighted by Crippen LogP contribution is -2.41. The van der Waals surface area contributed by atoms with Crippen molar-refractivity contribution in [2.75, 3.05) is 26.7 Å². The second-order valence-electron chi connectivity index (χ2n) is 5.83. The molecule has 0 aliphatic rings. The molecule has 0 unspecified atom stereocenters. The van der Waals surface area contributed by atoms with E-state index in [1.54, 1.807) is 19.2 Å². The fourth-order valence-corrected chi connectivity index (χ4v) is 3.70. The van der Waals surface area contributed by atoms with E-state index in [-0.39, 0.29) is 11.4 Å². The molecule has 7 nitrogen and oxygen atoms in total. The van der Waals surface area contributed by atoms with E-state index in [1.807, 2.05) is 31.2 Å². The molecule has 0 fully saturated rings. The van der Waals surface area contributed by atoms with E-state index in [0.29, 0.717) is 30.6 Å². The monoisotopic (exact) mass is 424 g/mol. The minimum atomic E-state index is -3.60. The van der Waals surface area contributed by atoms with E-state index < -0.39 is 10.0 Å².